The molecule has 5 aliphatic heterocycles. The molecule has 19 nitrogen and oxygen atoms in total. The van der Waals surface area contributed by atoms with Crippen LogP contribution in [-0.4, -0.2) is 177 Å². The third-order valence-electron chi connectivity index (χ3n) is 18.3. The molecule has 17 unspecified atom stereocenters. The van der Waals surface area contributed by atoms with E-state index in [-0.39, 0.29) is 54.0 Å². The smallest absolute Gasteiger partial charge is 0.331 e. The average molecular weight is 969 g/mol. The maximum absolute atomic E-state index is 12.6. The van der Waals surface area contributed by atoms with Crippen molar-refractivity contribution in [1.29, 1.82) is 0 Å². The first-order valence-corrected chi connectivity index (χ1v) is 25.2. The number of ether oxygens (including phenoxy) is 10. The van der Waals surface area contributed by atoms with Crippen LogP contribution in [-0.2, 0) is 57.0 Å². The van der Waals surface area contributed by atoms with Crippen molar-refractivity contribution in [2.24, 2.45) is 34.5 Å². The lowest BCUT2D eigenvalue weighted by atomic mass is 9.43. The van der Waals surface area contributed by atoms with Crippen molar-refractivity contribution in [2.75, 3.05) is 13.2 Å². The quantitative estimate of drug-likeness (QED) is 0.115. The lowest BCUT2D eigenvalue weighted by Gasteiger charge is -2.64. The fourth-order valence-electron chi connectivity index (χ4n) is 14.6. The minimum atomic E-state index is -1.68. The molecule has 0 aromatic carbocycles. The summed E-state index contributed by atoms with van der Waals surface area (Å²) in [4.78, 5) is 24.2. The summed E-state index contributed by atoms with van der Waals surface area (Å²) in [6, 6.07) is 0. The highest BCUT2D eigenvalue weighted by atomic mass is 16.8. The fraction of sp³-hybridized carbons (Fsp3) is 0.918. The van der Waals surface area contributed by atoms with Crippen LogP contribution in [0.1, 0.15) is 119 Å². The first-order chi connectivity index (χ1) is 32.2. The van der Waals surface area contributed by atoms with Crippen LogP contribution in [0.2, 0.25) is 0 Å². The molecular formula is C49H76O19. The third kappa shape index (κ3) is 9.36. The van der Waals surface area contributed by atoms with Gasteiger partial charge in [-0.15, -0.1) is 0 Å². The van der Waals surface area contributed by atoms with Gasteiger partial charge >= 0.3 is 11.9 Å². The Morgan fingerprint density at radius 3 is 1.94 bits per heavy atom. The molecule has 4 saturated heterocycles. The maximum Gasteiger partial charge on any atom is 0.331 e. The summed E-state index contributed by atoms with van der Waals surface area (Å²) < 4.78 is 60.2. The lowest BCUT2D eigenvalue weighted by Crippen LogP contribution is -2.62. The van der Waals surface area contributed by atoms with Gasteiger partial charge in [-0.3, -0.25) is 4.79 Å². The molecule has 386 valence electrons. The SMILES string of the molecule is CC(=O)OC1CC(OC2C(O)CC(OC3C(O)CC(O[C@H]4CC[C@@]5(C)[C@H](CC[C@@H]6[C@@H]5CC[C@]5(C)[C@@H](C7=CC(=O)OC7)CC[C@]65O)C4)OC3C)OC2C)OC(C)C1OC1OC(CO)C(O)C(O)C1O. The Morgan fingerprint density at radius 1 is 0.706 bits per heavy atom. The molecule has 9 rings (SSSR count). The van der Waals surface area contributed by atoms with Gasteiger partial charge in [-0.25, -0.2) is 4.79 Å². The second kappa shape index (κ2) is 19.8. The molecular weight excluding hydrogens is 893 g/mol. The Bertz CT molecular complexity index is 1810. The molecule has 4 saturated carbocycles. The molecule has 0 amide bonds. The van der Waals surface area contributed by atoms with E-state index in [1.165, 1.54) is 6.92 Å². The zero-order chi connectivity index (χ0) is 48.6. The minimum Gasteiger partial charge on any atom is -0.459 e. The van der Waals surface area contributed by atoms with Crippen LogP contribution in [0.25, 0.3) is 0 Å². The number of rotatable bonds is 11. The number of hydrogen-bond acceptors (Lipinski definition) is 19. The van der Waals surface area contributed by atoms with Crippen molar-refractivity contribution in [3.63, 3.8) is 0 Å². The van der Waals surface area contributed by atoms with E-state index in [9.17, 15) is 45.3 Å². The topological polar surface area (TPSA) is 268 Å². The van der Waals surface area contributed by atoms with E-state index >= 15 is 0 Å². The van der Waals surface area contributed by atoms with Crippen molar-refractivity contribution < 1.29 is 92.7 Å². The van der Waals surface area contributed by atoms with Gasteiger partial charge in [-0.2, -0.15) is 0 Å². The van der Waals surface area contributed by atoms with Crippen molar-refractivity contribution in [3.05, 3.63) is 11.6 Å². The third-order valence-corrected chi connectivity index (χ3v) is 18.3. The van der Waals surface area contributed by atoms with Gasteiger partial charge in [-0.1, -0.05) is 13.8 Å². The summed E-state index contributed by atoms with van der Waals surface area (Å²) in [6.07, 6.45) is -7.65. The summed E-state index contributed by atoms with van der Waals surface area (Å²) in [7, 11) is 0. The van der Waals surface area contributed by atoms with Crippen LogP contribution in [0.5, 0.6) is 0 Å². The summed E-state index contributed by atoms with van der Waals surface area (Å²) in [5.74, 6) is 0.357. The molecule has 19 heteroatoms. The molecule has 0 aromatic rings. The number of aliphatic hydroxyl groups excluding tert-OH is 6. The summed E-state index contributed by atoms with van der Waals surface area (Å²) in [5.41, 5.74) is 0.0925. The van der Waals surface area contributed by atoms with E-state index in [0.717, 1.165) is 63.4 Å². The van der Waals surface area contributed by atoms with Gasteiger partial charge in [0.2, 0.25) is 0 Å². The Hall–Kier alpha value is -1.92. The van der Waals surface area contributed by atoms with Crippen LogP contribution in [0, 0.1) is 34.5 Å². The standard InChI is InChI=1S/C49H76O19/c1-22-43(66-38-18-33(53)44(23(2)61-38)67-39-19-34(63-25(4)51)45(24(3)62-39)68-46-42(57)41(56)40(55)35(20-50)65-46)32(52)17-37(60-22)64-28-9-12-47(5)27(16-28)7-8-31-30(47)10-13-48(6)29(11-14-49(31,48)58)26-15-36(54)59-21-26/h15,22-24,27-35,37-46,50,52-53,55-58H,7-14,16-21H2,1-6H3/t22?,23?,24?,27-,28+,29-,30+,31-,32?,33?,34?,35?,37?,38?,39?,40?,41?,42?,43?,44?,45?,46?,47+,48-,49+/m1/s1. The monoisotopic (exact) mass is 968 g/mol. The zero-order valence-electron chi connectivity index (χ0n) is 40.2. The molecule has 0 aromatic heterocycles. The van der Waals surface area contributed by atoms with Gasteiger partial charge in [-0.05, 0) is 113 Å². The lowest BCUT2D eigenvalue weighted by molar-refractivity contribution is -0.355. The molecule has 0 bridgehead atoms. The molecule has 4 aliphatic carbocycles. The van der Waals surface area contributed by atoms with Gasteiger partial charge in [0.05, 0.1) is 48.8 Å². The fourth-order valence-corrected chi connectivity index (χ4v) is 14.6. The Morgan fingerprint density at radius 2 is 1.34 bits per heavy atom. The van der Waals surface area contributed by atoms with Gasteiger partial charge < -0.3 is 83.1 Å². The van der Waals surface area contributed by atoms with Crippen LogP contribution in [0.4, 0.5) is 0 Å². The summed E-state index contributed by atoms with van der Waals surface area (Å²) in [5, 5.41) is 76.1. The highest BCUT2D eigenvalue weighted by Gasteiger charge is 2.68. The second-order valence-corrected chi connectivity index (χ2v) is 22.1. The van der Waals surface area contributed by atoms with Crippen LogP contribution in [0.3, 0.4) is 0 Å². The number of carbonyl (C=O) groups is 2. The second-order valence-electron chi connectivity index (χ2n) is 22.1. The Balaban J connectivity index is 0.746. The van der Waals surface area contributed by atoms with Gasteiger partial charge in [0.1, 0.15) is 55.4 Å². The van der Waals surface area contributed by atoms with Crippen LogP contribution in [0.15, 0.2) is 11.6 Å². The average Bonchev–Trinajstić information content (AvgIpc) is 3.83. The van der Waals surface area contributed by atoms with E-state index in [2.05, 4.69) is 13.8 Å². The molecule has 0 radical (unpaired) electrons. The van der Waals surface area contributed by atoms with E-state index in [4.69, 9.17) is 47.4 Å². The Kier molecular flexibility index (Phi) is 14.9. The summed E-state index contributed by atoms with van der Waals surface area (Å²) >= 11 is 0. The predicted octanol–water partition coefficient (Wildman–Crippen LogP) is 1.64. The number of esters is 2. The number of fused-ring (bicyclic) bond motifs is 5. The molecule has 7 N–H and O–H groups in total. The summed E-state index contributed by atoms with van der Waals surface area (Å²) in [6.45, 7) is 10.8. The number of aliphatic hydroxyl groups is 7. The first-order valence-electron chi connectivity index (χ1n) is 25.2. The normalized spacial score (nSPS) is 52.8. The zero-order valence-corrected chi connectivity index (χ0v) is 40.2. The van der Waals surface area contributed by atoms with Gasteiger partial charge in [0.15, 0.2) is 25.2 Å². The number of carbonyl (C=O) groups excluding carboxylic acids is 2. The molecule has 0 spiro atoms. The van der Waals surface area contributed by atoms with Crippen LogP contribution >= 0.6 is 0 Å². The first kappa shape index (κ1) is 51.0. The van der Waals surface area contributed by atoms with Gasteiger partial charge in [0.25, 0.3) is 0 Å². The molecule has 8 fully saturated rings. The minimum absolute atomic E-state index is 0.0126. The molecule has 68 heavy (non-hydrogen) atoms. The van der Waals surface area contributed by atoms with E-state index in [1.807, 2.05) is 6.92 Å². The number of hydrogen-bond donors (Lipinski definition) is 7. The largest absolute Gasteiger partial charge is 0.459 e. The molecule has 9 aliphatic rings. The predicted molar refractivity (Wildman–Crippen MR) is 233 cm³/mol. The van der Waals surface area contributed by atoms with E-state index in [1.54, 1.807) is 19.9 Å². The van der Waals surface area contributed by atoms with E-state index in [0.29, 0.717) is 18.4 Å². The van der Waals surface area contributed by atoms with E-state index < -0.39 is 123 Å². The van der Waals surface area contributed by atoms with Gasteiger partial charge in [0, 0.05) is 37.7 Å². The van der Waals surface area contributed by atoms with Crippen molar-refractivity contribution in [3.8, 4) is 0 Å². The van der Waals surface area contributed by atoms with Crippen molar-refractivity contribution in [2.45, 2.75) is 235 Å². The van der Waals surface area contributed by atoms with Crippen molar-refractivity contribution in [1.82, 2.24) is 0 Å². The molecule has 5 heterocycles. The van der Waals surface area contributed by atoms with Crippen molar-refractivity contribution >= 4 is 11.9 Å². The van der Waals surface area contributed by atoms with Crippen LogP contribution < -0.4 is 0 Å². The Labute approximate surface area is 398 Å². The highest BCUT2D eigenvalue weighted by Crippen LogP contribution is 2.70. The maximum atomic E-state index is 12.6. The highest BCUT2D eigenvalue weighted by molar-refractivity contribution is 5.85. The number of cyclic esters (lactones) is 1. The molecule has 25 atom stereocenters.